The van der Waals surface area contributed by atoms with Gasteiger partial charge in [0.25, 0.3) is 0 Å². The van der Waals surface area contributed by atoms with Crippen LogP contribution in [0, 0.1) is 5.92 Å². The van der Waals surface area contributed by atoms with Crippen LogP contribution in [-0.4, -0.2) is 19.6 Å². The van der Waals surface area contributed by atoms with Gasteiger partial charge in [-0.1, -0.05) is 25.7 Å². The standard InChI is InChI=1S/C11H24N2/c12-8-4-2-1-3-5-11-6-9-13-10-7-11/h11,13H,1-10,12H2. The number of hydrogen-bond acceptors (Lipinski definition) is 2. The summed E-state index contributed by atoms with van der Waals surface area (Å²) in [5.41, 5.74) is 5.45. The Bertz CT molecular complexity index is 109. The molecule has 0 amide bonds. The van der Waals surface area contributed by atoms with Gasteiger partial charge in [-0.05, 0) is 44.8 Å². The van der Waals surface area contributed by atoms with Gasteiger partial charge in [0.2, 0.25) is 0 Å². The predicted octanol–water partition coefficient (Wildman–Crippen LogP) is 1.90. The van der Waals surface area contributed by atoms with Crippen molar-refractivity contribution in [1.82, 2.24) is 5.32 Å². The van der Waals surface area contributed by atoms with Crippen molar-refractivity contribution in [3.8, 4) is 0 Å². The summed E-state index contributed by atoms with van der Waals surface area (Å²) >= 11 is 0. The van der Waals surface area contributed by atoms with Crippen LogP contribution >= 0.6 is 0 Å². The van der Waals surface area contributed by atoms with E-state index >= 15 is 0 Å². The van der Waals surface area contributed by atoms with E-state index in [0.29, 0.717) is 0 Å². The van der Waals surface area contributed by atoms with E-state index in [1.165, 1.54) is 58.0 Å². The lowest BCUT2D eigenvalue weighted by Crippen LogP contribution is -2.27. The van der Waals surface area contributed by atoms with Crippen molar-refractivity contribution in [3.05, 3.63) is 0 Å². The van der Waals surface area contributed by atoms with Gasteiger partial charge in [0.15, 0.2) is 0 Å². The van der Waals surface area contributed by atoms with E-state index in [9.17, 15) is 0 Å². The lowest BCUT2D eigenvalue weighted by atomic mass is 9.92. The van der Waals surface area contributed by atoms with E-state index in [0.717, 1.165) is 12.5 Å². The maximum Gasteiger partial charge on any atom is -0.00463 e. The SMILES string of the molecule is NCCCCCCC1CCNCC1. The highest BCUT2D eigenvalue weighted by Gasteiger charge is 2.11. The van der Waals surface area contributed by atoms with Crippen LogP contribution in [0.3, 0.4) is 0 Å². The Labute approximate surface area is 82.3 Å². The van der Waals surface area contributed by atoms with Crippen molar-refractivity contribution in [3.63, 3.8) is 0 Å². The highest BCUT2D eigenvalue weighted by atomic mass is 14.9. The van der Waals surface area contributed by atoms with Crippen LogP contribution in [0.2, 0.25) is 0 Å². The van der Waals surface area contributed by atoms with Crippen LogP contribution in [0.25, 0.3) is 0 Å². The zero-order valence-electron chi connectivity index (χ0n) is 8.73. The highest BCUT2D eigenvalue weighted by molar-refractivity contribution is 4.68. The molecule has 1 aliphatic rings. The third-order valence-corrected chi connectivity index (χ3v) is 3.03. The molecule has 0 aliphatic carbocycles. The van der Waals surface area contributed by atoms with Crippen molar-refractivity contribution < 1.29 is 0 Å². The average Bonchev–Trinajstić information content (AvgIpc) is 2.19. The van der Waals surface area contributed by atoms with E-state index < -0.39 is 0 Å². The van der Waals surface area contributed by atoms with Gasteiger partial charge >= 0.3 is 0 Å². The van der Waals surface area contributed by atoms with Crippen molar-refractivity contribution in [2.75, 3.05) is 19.6 Å². The normalized spacial score (nSPS) is 19.2. The first-order valence-corrected chi connectivity index (χ1v) is 5.84. The molecule has 1 saturated heterocycles. The molecule has 0 spiro atoms. The van der Waals surface area contributed by atoms with Crippen LogP contribution < -0.4 is 11.1 Å². The average molecular weight is 184 g/mol. The van der Waals surface area contributed by atoms with Crippen LogP contribution in [0.15, 0.2) is 0 Å². The lowest BCUT2D eigenvalue weighted by molar-refractivity contribution is 0.342. The first-order valence-electron chi connectivity index (χ1n) is 5.84. The molecule has 3 N–H and O–H groups in total. The first-order chi connectivity index (χ1) is 6.43. The fourth-order valence-electron chi connectivity index (χ4n) is 2.10. The summed E-state index contributed by atoms with van der Waals surface area (Å²) in [7, 11) is 0. The summed E-state index contributed by atoms with van der Waals surface area (Å²) in [5, 5.41) is 3.41. The highest BCUT2D eigenvalue weighted by Crippen LogP contribution is 2.19. The summed E-state index contributed by atoms with van der Waals surface area (Å²) in [4.78, 5) is 0. The molecule has 0 atom stereocenters. The minimum Gasteiger partial charge on any atom is -0.330 e. The maximum absolute atomic E-state index is 5.45. The molecule has 0 saturated carbocycles. The van der Waals surface area contributed by atoms with Gasteiger partial charge in [-0.25, -0.2) is 0 Å². The number of unbranched alkanes of at least 4 members (excludes halogenated alkanes) is 3. The first kappa shape index (κ1) is 11.0. The van der Waals surface area contributed by atoms with Gasteiger partial charge in [-0.3, -0.25) is 0 Å². The molecular formula is C11H24N2. The van der Waals surface area contributed by atoms with E-state index in [4.69, 9.17) is 5.73 Å². The van der Waals surface area contributed by atoms with Crippen molar-refractivity contribution in [2.24, 2.45) is 11.7 Å². The van der Waals surface area contributed by atoms with E-state index in [1.807, 2.05) is 0 Å². The smallest absolute Gasteiger partial charge is 0.00463 e. The molecule has 78 valence electrons. The zero-order valence-corrected chi connectivity index (χ0v) is 8.73. The third kappa shape index (κ3) is 5.27. The molecule has 1 heterocycles. The second-order valence-corrected chi connectivity index (χ2v) is 4.18. The van der Waals surface area contributed by atoms with Crippen LogP contribution in [0.1, 0.15) is 44.9 Å². The second kappa shape index (κ2) is 7.34. The molecule has 0 radical (unpaired) electrons. The molecule has 1 aliphatic heterocycles. The minimum atomic E-state index is 0.868. The lowest BCUT2D eigenvalue weighted by Gasteiger charge is -2.22. The Morgan fingerprint density at radius 1 is 1.00 bits per heavy atom. The monoisotopic (exact) mass is 184 g/mol. The fraction of sp³-hybridized carbons (Fsp3) is 1.00. The molecule has 13 heavy (non-hydrogen) atoms. The molecule has 0 bridgehead atoms. The predicted molar refractivity (Wildman–Crippen MR) is 57.7 cm³/mol. The molecule has 2 nitrogen and oxygen atoms in total. The van der Waals surface area contributed by atoms with Crippen molar-refractivity contribution in [1.29, 1.82) is 0 Å². The number of rotatable bonds is 6. The molecule has 1 fully saturated rings. The van der Waals surface area contributed by atoms with Crippen molar-refractivity contribution >= 4 is 0 Å². The van der Waals surface area contributed by atoms with Gasteiger partial charge in [0.1, 0.15) is 0 Å². The molecule has 0 aromatic carbocycles. The molecule has 2 heteroatoms. The second-order valence-electron chi connectivity index (χ2n) is 4.18. The van der Waals surface area contributed by atoms with E-state index in [-0.39, 0.29) is 0 Å². The van der Waals surface area contributed by atoms with E-state index in [1.54, 1.807) is 0 Å². The van der Waals surface area contributed by atoms with E-state index in [2.05, 4.69) is 5.32 Å². The minimum absolute atomic E-state index is 0.868. The molecule has 0 aromatic rings. The van der Waals surface area contributed by atoms with Crippen molar-refractivity contribution in [2.45, 2.75) is 44.9 Å². The molecule has 1 rings (SSSR count). The van der Waals surface area contributed by atoms with Gasteiger partial charge < -0.3 is 11.1 Å². The Hall–Kier alpha value is -0.0800. The Morgan fingerprint density at radius 2 is 1.69 bits per heavy atom. The topological polar surface area (TPSA) is 38.0 Å². The molecule has 0 unspecified atom stereocenters. The van der Waals surface area contributed by atoms with Crippen LogP contribution in [0.4, 0.5) is 0 Å². The van der Waals surface area contributed by atoms with Gasteiger partial charge in [-0.15, -0.1) is 0 Å². The summed E-state index contributed by atoms with van der Waals surface area (Å²) < 4.78 is 0. The zero-order chi connectivity index (χ0) is 9.36. The van der Waals surface area contributed by atoms with Crippen LogP contribution in [0.5, 0.6) is 0 Å². The molecule has 0 aromatic heterocycles. The number of hydrogen-bond donors (Lipinski definition) is 2. The fourth-order valence-corrected chi connectivity index (χ4v) is 2.10. The number of piperidine rings is 1. The number of nitrogens with one attached hydrogen (secondary N) is 1. The molecular weight excluding hydrogens is 160 g/mol. The summed E-state index contributed by atoms with van der Waals surface area (Å²) in [6, 6.07) is 0. The quantitative estimate of drug-likeness (QED) is 0.619. The van der Waals surface area contributed by atoms with Gasteiger partial charge in [0.05, 0.1) is 0 Å². The van der Waals surface area contributed by atoms with Gasteiger partial charge in [0, 0.05) is 0 Å². The summed E-state index contributed by atoms with van der Waals surface area (Å²) in [6.07, 6.45) is 9.61. The largest absolute Gasteiger partial charge is 0.330 e. The summed E-state index contributed by atoms with van der Waals surface area (Å²) in [5.74, 6) is 1.01. The Balaban J connectivity index is 1.86. The number of nitrogens with two attached hydrogens (primary N) is 1. The Morgan fingerprint density at radius 3 is 2.38 bits per heavy atom. The maximum atomic E-state index is 5.45. The Kier molecular flexibility index (Phi) is 6.21. The van der Waals surface area contributed by atoms with Gasteiger partial charge in [-0.2, -0.15) is 0 Å². The van der Waals surface area contributed by atoms with Crippen LogP contribution in [-0.2, 0) is 0 Å². The summed E-state index contributed by atoms with van der Waals surface area (Å²) in [6.45, 7) is 3.36. The third-order valence-electron chi connectivity index (χ3n) is 3.03.